The Morgan fingerprint density at radius 1 is 1.14 bits per heavy atom. The number of likely N-dealkylation sites (tertiary alicyclic amines) is 1. The van der Waals surface area contributed by atoms with Gasteiger partial charge in [0.1, 0.15) is 11.5 Å². The van der Waals surface area contributed by atoms with E-state index in [1.807, 2.05) is 12.3 Å². The molecule has 1 aromatic carbocycles. The Morgan fingerprint density at radius 3 is 2.46 bits per heavy atom. The molecule has 0 radical (unpaired) electrons. The Morgan fingerprint density at radius 2 is 1.83 bits per heavy atom. The molecule has 2 atom stereocenters. The van der Waals surface area contributed by atoms with Gasteiger partial charge < -0.3 is 20.6 Å². The summed E-state index contributed by atoms with van der Waals surface area (Å²) in [4.78, 5) is 15.4. The van der Waals surface area contributed by atoms with Crippen LogP contribution in [0.15, 0.2) is 42.6 Å². The molecular formula is C27H36F2N4O2. The summed E-state index contributed by atoms with van der Waals surface area (Å²) in [5, 5.41) is 13.8. The first kappa shape index (κ1) is 25.7. The van der Waals surface area contributed by atoms with Crippen LogP contribution in [0.1, 0.15) is 43.6 Å². The summed E-state index contributed by atoms with van der Waals surface area (Å²) >= 11 is 0. The number of aromatic nitrogens is 1. The zero-order valence-corrected chi connectivity index (χ0v) is 20.1. The van der Waals surface area contributed by atoms with Gasteiger partial charge in [0.15, 0.2) is 0 Å². The van der Waals surface area contributed by atoms with Crippen LogP contribution in [-0.4, -0.2) is 72.4 Å². The number of carboxylic acid groups (broad SMARTS) is 1. The third kappa shape index (κ3) is 7.29. The Labute approximate surface area is 206 Å². The Bertz CT molecular complexity index is 927. The van der Waals surface area contributed by atoms with Gasteiger partial charge in [-0.2, -0.15) is 0 Å². The highest BCUT2D eigenvalue weighted by Crippen LogP contribution is 2.41. The lowest BCUT2D eigenvalue weighted by Crippen LogP contribution is -2.49. The minimum atomic E-state index is -1.08. The monoisotopic (exact) mass is 486 g/mol. The quantitative estimate of drug-likeness (QED) is 0.517. The summed E-state index contributed by atoms with van der Waals surface area (Å²) in [6.45, 7) is 5.36. The molecule has 2 unspecified atom stereocenters. The van der Waals surface area contributed by atoms with Gasteiger partial charge >= 0.3 is 0 Å². The molecule has 6 nitrogen and oxygen atoms in total. The number of pyridine rings is 1. The van der Waals surface area contributed by atoms with Crippen LogP contribution in [0.2, 0.25) is 0 Å². The molecule has 1 aliphatic carbocycles. The van der Waals surface area contributed by atoms with Crippen molar-refractivity contribution in [1.82, 2.24) is 20.5 Å². The Balaban J connectivity index is 0.000000917. The maximum absolute atomic E-state index is 15.4. The summed E-state index contributed by atoms with van der Waals surface area (Å²) in [7, 11) is 0. The normalized spacial score (nSPS) is 24.3. The van der Waals surface area contributed by atoms with Crippen molar-refractivity contribution in [3.8, 4) is 11.3 Å². The molecule has 0 spiro atoms. The van der Waals surface area contributed by atoms with E-state index in [4.69, 9.17) is 9.90 Å². The van der Waals surface area contributed by atoms with Gasteiger partial charge in [-0.05, 0) is 87.0 Å². The summed E-state index contributed by atoms with van der Waals surface area (Å²) in [6.07, 6.45) is 6.72. The van der Waals surface area contributed by atoms with Gasteiger partial charge in [-0.25, -0.2) is 8.78 Å². The van der Waals surface area contributed by atoms with Crippen LogP contribution in [0.25, 0.3) is 11.3 Å². The van der Waals surface area contributed by atoms with Crippen LogP contribution < -0.4 is 10.6 Å². The van der Waals surface area contributed by atoms with Gasteiger partial charge in [0.05, 0.1) is 5.69 Å². The van der Waals surface area contributed by atoms with Crippen molar-refractivity contribution in [1.29, 1.82) is 0 Å². The number of rotatable bonds is 7. The van der Waals surface area contributed by atoms with E-state index >= 15 is 4.39 Å². The number of nitrogens with one attached hydrogen (secondary N) is 2. The second-order valence-corrected chi connectivity index (χ2v) is 10.1. The van der Waals surface area contributed by atoms with Crippen molar-refractivity contribution in [3.05, 3.63) is 54.0 Å². The molecule has 0 amide bonds. The first-order chi connectivity index (χ1) is 17.0. The van der Waals surface area contributed by atoms with Crippen LogP contribution in [-0.2, 0) is 4.79 Å². The van der Waals surface area contributed by atoms with E-state index in [0.29, 0.717) is 31.3 Å². The average Bonchev–Trinajstić information content (AvgIpc) is 3.66. The highest BCUT2D eigenvalue weighted by Gasteiger charge is 2.42. The van der Waals surface area contributed by atoms with E-state index in [1.165, 1.54) is 30.5 Å². The fourth-order valence-electron chi connectivity index (χ4n) is 5.26. The van der Waals surface area contributed by atoms with E-state index in [2.05, 4.69) is 26.6 Å². The molecule has 1 saturated carbocycles. The van der Waals surface area contributed by atoms with E-state index in [0.717, 1.165) is 56.3 Å². The standard InChI is InChI=1S/C26H34F2N4.CH2O2/c27-22-4-1-20(2-5-22)24-6-3-21(16-30-24)23-15-25(23)31-18-26(28)9-13-32(14-10-26)17-19-7-11-29-12-8-19;2-1-3/h1-6,16,19,23,25,29,31H,7-15,17-18H2;1H,(H,2,3). The smallest absolute Gasteiger partial charge is 0.290 e. The number of halogens is 2. The van der Waals surface area contributed by atoms with Crippen molar-refractivity contribution in [3.63, 3.8) is 0 Å². The maximum atomic E-state index is 15.4. The molecule has 3 N–H and O–H groups in total. The minimum absolute atomic E-state index is 0.240. The van der Waals surface area contributed by atoms with E-state index in [-0.39, 0.29) is 12.3 Å². The van der Waals surface area contributed by atoms with Gasteiger partial charge in [0.2, 0.25) is 0 Å². The molecule has 3 heterocycles. The zero-order valence-electron chi connectivity index (χ0n) is 20.1. The van der Waals surface area contributed by atoms with E-state index < -0.39 is 5.67 Å². The number of nitrogens with zero attached hydrogens (tertiary/aromatic N) is 2. The number of alkyl halides is 1. The molecule has 8 heteroatoms. The van der Waals surface area contributed by atoms with E-state index in [1.54, 1.807) is 12.1 Å². The third-order valence-corrected chi connectivity index (χ3v) is 7.55. The largest absolute Gasteiger partial charge is 0.483 e. The fourth-order valence-corrected chi connectivity index (χ4v) is 5.26. The zero-order chi connectivity index (χ0) is 24.7. The lowest BCUT2D eigenvalue weighted by Gasteiger charge is -2.38. The number of hydrogen-bond donors (Lipinski definition) is 3. The van der Waals surface area contributed by atoms with Crippen molar-refractivity contribution in [2.45, 2.75) is 49.7 Å². The number of hydrogen-bond acceptors (Lipinski definition) is 5. The van der Waals surface area contributed by atoms with E-state index in [9.17, 15) is 4.39 Å². The van der Waals surface area contributed by atoms with Crippen LogP contribution in [0.5, 0.6) is 0 Å². The third-order valence-electron chi connectivity index (χ3n) is 7.55. The van der Waals surface area contributed by atoms with Gasteiger partial charge in [0, 0.05) is 49.9 Å². The highest BCUT2D eigenvalue weighted by molar-refractivity contribution is 5.59. The predicted molar refractivity (Wildman–Crippen MR) is 133 cm³/mol. The fraction of sp³-hybridized carbons (Fsp3) is 0.556. The van der Waals surface area contributed by atoms with Gasteiger partial charge in [-0.15, -0.1) is 0 Å². The second kappa shape index (κ2) is 12.0. The van der Waals surface area contributed by atoms with Gasteiger partial charge in [-0.1, -0.05) is 6.07 Å². The molecule has 3 aliphatic rings. The molecule has 190 valence electrons. The van der Waals surface area contributed by atoms with Crippen molar-refractivity contribution in [2.24, 2.45) is 5.92 Å². The van der Waals surface area contributed by atoms with Crippen LogP contribution >= 0.6 is 0 Å². The topological polar surface area (TPSA) is 77.5 Å². The molecular weight excluding hydrogens is 450 g/mol. The number of carbonyl (C=O) groups is 1. The molecule has 5 rings (SSSR count). The lowest BCUT2D eigenvalue weighted by molar-refractivity contribution is -0.122. The predicted octanol–water partition coefficient (Wildman–Crippen LogP) is 3.84. The first-order valence-corrected chi connectivity index (χ1v) is 12.6. The van der Waals surface area contributed by atoms with Gasteiger partial charge in [0.25, 0.3) is 6.47 Å². The summed E-state index contributed by atoms with van der Waals surface area (Å²) < 4.78 is 28.5. The molecule has 3 fully saturated rings. The average molecular weight is 487 g/mol. The number of piperidine rings is 2. The SMILES string of the molecule is Fc1ccc(-c2ccc(C3CC3NCC3(F)CCN(CC4CCNCC4)CC3)cn2)cc1.O=CO. The lowest BCUT2D eigenvalue weighted by atomic mass is 9.91. The van der Waals surface area contributed by atoms with Crippen LogP contribution in [0, 0.1) is 11.7 Å². The molecule has 2 saturated heterocycles. The first-order valence-electron chi connectivity index (χ1n) is 12.6. The minimum Gasteiger partial charge on any atom is -0.483 e. The molecule has 0 bridgehead atoms. The second-order valence-electron chi connectivity index (χ2n) is 10.1. The van der Waals surface area contributed by atoms with Crippen molar-refractivity contribution >= 4 is 6.47 Å². The Hall–Kier alpha value is -2.42. The summed E-state index contributed by atoms with van der Waals surface area (Å²) in [5.74, 6) is 0.945. The molecule has 2 aliphatic heterocycles. The van der Waals surface area contributed by atoms with Crippen LogP contribution in [0.3, 0.4) is 0 Å². The molecule has 1 aromatic heterocycles. The van der Waals surface area contributed by atoms with Gasteiger partial charge in [-0.3, -0.25) is 9.78 Å². The summed E-state index contributed by atoms with van der Waals surface area (Å²) in [5.41, 5.74) is 1.87. The molecule has 2 aromatic rings. The molecule has 35 heavy (non-hydrogen) atoms. The number of benzene rings is 1. The summed E-state index contributed by atoms with van der Waals surface area (Å²) in [6, 6.07) is 10.8. The Kier molecular flexibility index (Phi) is 8.81. The maximum Gasteiger partial charge on any atom is 0.290 e. The van der Waals surface area contributed by atoms with Crippen molar-refractivity contribution < 1.29 is 18.7 Å². The highest BCUT2D eigenvalue weighted by atomic mass is 19.1. The van der Waals surface area contributed by atoms with Crippen LogP contribution in [0.4, 0.5) is 8.78 Å². The van der Waals surface area contributed by atoms with Crippen molar-refractivity contribution in [2.75, 3.05) is 39.3 Å².